The third kappa shape index (κ3) is 3.07. The normalized spacial score (nSPS) is 24.0. The molecule has 3 atom stereocenters. The summed E-state index contributed by atoms with van der Waals surface area (Å²) in [6.45, 7) is 1.92. The van der Waals surface area contributed by atoms with E-state index < -0.39 is 33.1 Å². The van der Waals surface area contributed by atoms with Crippen molar-refractivity contribution in [3.8, 4) is 0 Å². The molecule has 1 heterocycles. The van der Waals surface area contributed by atoms with Gasteiger partial charge in [-0.3, -0.25) is 10.1 Å². The summed E-state index contributed by atoms with van der Waals surface area (Å²) in [5.41, 5.74) is 1.80. The minimum atomic E-state index is -3.64. The Morgan fingerprint density at radius 3 is 2.46 bits per heavy atom. The zero-order valence-electron chi connectivity index (χ0n) is 13.2. The number of sulfone groups is 1. The molecule has 1 fully saturated rings. The Morgan fingerprint density at radius 2 is 1.83 bits per heavy atom. The quantitative estimate of drug-likeness (QED) is 0.888. The summed E-state index contributed by atoms with van der Waals surface area (Å²) in [5.74, 6) is -1.03. The first-order chi connectivity index (χ1) is 11.4. The van der Waals surface area contributed by atoms with Gasteiger partial charge in [0.25, 0.3) is 0 Å². The maximum atomic E-state index is 13.0. The molecule has 2 aromatic carbocycles. The first-order valence-electron chi connectivity index (χ1n) is 7.74. The second kappa shape index (κ2) is 6.37. The summed E-state index contributed by atoms with van der Waals surface area (Å²) in [6, 6.07) is 14.3. The first kappa shape index (κ1) is 16.7. The van der Waals surface area contributed by atoms with Gasteiger partial charge in [0.2, 0.25) is 0 Å². The molecule has 24 heavy (non-hydrogen) atoms. The number of hydrogen-bond acceptors (Lipinski definition) is 4. The predicted octanol–water partition coefficient (Wildman–Crippen LogP) is 2.33. The zero-order chi connectivity index (χ0) is 17.3. The highest BCUT2D eigenvalue weighted by molar-refractivity contribution is 7.92. The van der Waals surface area contributed by atoms with Crippen molar-refractivity contribution in [1.82, 2.24) is 5.32 Å². The van der Waals surface area contributed by atoms with Crippen molar-refractivity contribution in [3.05, 3.63) is 65.7 Å². The average Bonchev–Trinajstić information content (AvgIpc) is 3.02. The van der Waals surface area contributed by atoms with Crippen LogP contribution in [0.3, 0.4) is 0 Å². The van der Waals surface area contributed by atoms with Gasteiger partial charge in [0.15, 0.2) is 9.84 Å². The fourth-order valence-electron chi connectivity index (χ4n) is 3.20. The Hall–Kier alpha value is -2.18. The molecule has 3 unspecified atom stereocenters. The van der Waals surface area contributed by atoms with Gasteiger partial charge in [-0.25, -0.2) is 8.42 Å². The molecule has 5 nitrogen and oxygen atoms in total. The Labute approximate surface area is 141 Å². The maximum absolute atomic E-state index is 13.0. The van der Waals surface area contributed by atoms with Crippen LogP contribution in [-0.2, 0) is 14.6 Å². The van der Waals surface area contributed by atoms with Gasteiger partial charge in [-0.2, -0.15) is 0 Å². The van der Waals surface area contributed by atoms with Crippen LogP contribution in [0.2, 0.25) is 0 Å². The number of aliphatic carboxylic acids is 1. The van der Waals surface area contributed by atoms with Crippen LogP contribution < -0.4 is 5.32 Å². The average molecular weight is 345 g/mol. The van der Waals surface area contributed by atoms with E-state index in [1.807, 2.05) is 31.2 Å². The molecule has 1 saturated heterocycles. The van der Waals surface area contributed by atoms with Crippen molar-refractivity contribution in [2.45, 2.75) is 35.6 Å². The van der Waals surface area contributed by atoms with E-state index in [1.165, 1.54) is 0 Å². The third-order valence-corrected chi connectivity index (χ3v) is 6.58. The Bertz CT molecular complexity index is 848. The number of nitrogens with one attached hydrogen (secondary N) is 1. The molecule has 0 spiro atoms. The summed E-state index contributed by atoms with van der Waals surface area (Å²) in [6.07, 6.45) is 0.0468. The Morgan fingerprint density at radius 1 is 1.12 bits per heavy atom. The zero-order valence-corrected chi connectivity index (χ0v) is 14.0. The Kier molecular flexibility index (Phi) is 4.43. The SMILES string of the molecule is Cc1cccc(C2NC(C(=O)O)CC2S(=O)(=O)c2ccccc2)c1. The number of carboxylic acid groups (broad SMARTS) is 1. The van der Waals surface area contributed by atoms with E-state index in [0.29, 0.717) is 0 Å². The van der Waals surface area contributed by atoms with E-state index in [9.17, 15) is 18.3 Å². The van der Waals surface area contributed by atoms with E-state index in [-0.39, 0.29) is 11.3 Å². The van der Waals surface area contributed by atoms with E-state index in [2.05, 4.69) is 5.32 Å². The molecule has 1 aliphatic heterocycles. The number of carbonyl (C=O) groups is 1. The van der Waals surface area contributed by atoms with Crippen LogP contribution in [0.1, 0.15) is 23.6 Å². The highest BCUT2D eigenvalue weighted by atomic mass is 32.2. The number of rotatable bonds is 4. The van der Waals surface area contributed by atoms with Gasteiger partial charge in [-0.05, 0) is 31.0 Å². The minimum Gasteiger partial charge on any atom is -0.480 e. The fraction of sp³-hybridized carbons (Fsp3) is 0.278. The van der Waals surface area contributed by atoms with Gasteiger partial charge in [0.1, 0.15) is 6.04 Å². The number of aryl methyl sites for hydroxylation is 1. The third-order valence-electron chi connectivity index (χ3n) is 4.39. The van der Waals surface area contributed by atoms with Crippen molar-refractivity contribution in [3.63, 3.8) is 0 Å². The van der Waals surface area contributed by atoms with Crippen molar-refractivity contribution in [2.75, 3.05) is 0 Å². The monoisotopic (exact) mass is 345 g/mol. The molecule has 2 aromatic rings. The van der Waals surface area contributed by atoms with Gasteiger partial charge in [-0.1, -0.05) is 48.0 Å². The summed E-state index contributed by atoms with van der Waals surface area (Å²) in [7, 11) is -3.64. The summed E-state index contributed by atoms with van der Waals surface area (Å²) in [5, 5.41) is 11.5. The minimum absolute atomic E-state index is 0.0468. The molecular weight excluding hydrogens is 326 g/mol. The van der Waals surface area contributed by atoms with Gasteiger partial charge < -0.3 is 5.11 Å². The molecule has 0 saturated carbocycles. The number of benzene rings is 2. The van der Waals surface area contributed by atoms with Gasteiger partial charge in [0, 0.05) is 0 Å². The van der Waals surface area contributed by atoms with Crippen molar-refractivity contribution in [1.29, 1.82) is 0 Å². The molecule has 2 N–H and O–H groups in total. The number of carboxylic acids is 1. The van der Waals surface area contributed by atoms with Crippen molar-refractivity contribution < 1.29 is 18.3 Å². The fourth-order valence-corrected chi connectivity index (χ4v) is 5.12. The van der Waals surface area contributed by atoms with Crippen LogP contribution in [0, 0.1) is 6.92 Å². The van der Waals surface area contributed by atoms with Crippen LogP contribution in [0.25, 0.3) is 0 Å². The highest BCUT2D eigenvalue weighted by Gasteiger charge is 2.45. The van der Waals surface area contributed by atoms with Crippen LogP contribution >= 0.6 is 0 Å². The molecular formula is C18H19NO4S. The van der Waals surface area contributed by atoms with E-state index in [0.717, 1.165) is 11.1 Å². The summed E-state index contributed by atoms with van der Waals surface area (Å²) < 4.78 is 26.1. The molecule has 6 heteroatoms. The van der Waals surface area contributed by atoms with Crippen molar-refractivity contribution in [2.24, 2.45) is 0 Å². The number of hydrogen-bond donors (Lipinski definition) is 2. The van der Waals surface area contributed by atoms with Crippen LogP contribution in [0.15, 0.2) is 59.5 Å². The molecule has 1 aliphatic rings. The van der Waals surface area contributed by atoms with Gasteiger partial charge in [0.05, 0.1) is 16.2 Å². The lowest BCUT2D eigenvalue weighted by molar-refractivity contribution is -0.139. The van der Waals surface area contributed by atoms with Gasteiger partial charge >= 0.3 is 5.97 Å². The van der Waals surface area contributed by atoms with E-state index in [4.69, 9.17) is 0 Å². The second-order valence-corrected chi connectivity index (χ2v) is 8.25. The largest absolute Gasteiger partial charge is 0.480 e. The van der Waals surface area contributed by atoms with Crippen LogP contribution in [0.4, 0.5) is 0 Å². The van der Waals surface area contributed by atoms with Crippen molar-refractivity contribution >= 4 is 15.8 Å². The molecule has 3 rings (SSSR count). The highest BCUT2D eigenvalue weighted by Crippen LogP contribution is 2.35. The lowest BCUT2D eigenvalue weighted by Crippen LogP contribution is -2.32. The smallest absolute Gasteiger partial charge is 0.320 e. The molecule has 0 radical (unpaired) electrons. The maximum Gasteiger partial charge on any atom is 0.320 e. The molecule has 0 bridgehead atoms. The Balaban J connectivity index is 2.04. The van der Waals surface area contributed by atoms with Crippen LogP contribution in [0.5, 0.6) is 0 Å². The molecule has 0 amide bonds. The predicted molar refractivity (Wildman–Crippen MR) is 90.5 cm³/mol. The summed E-state index contributed by atoms with van der Waals surface area (Å²) in [4.78, 5) is 11.6. The molecule has 126 valence electrons. The van der Waals surface area contributed by atoms with Gasteiger partial charge in [-0.15, -0.1) is 0 Å². The standard InChI is InChI=1S/C18H19NO4S/c1-12-6-5-7-13(10-12)17-16(11-15(19-17)18(20)21)24(22,23)14-8-3-2-4-9-14/h2-10,15-17,19H,11H2,1H3,(H,20,21). The van der Waals surface area contributed by atoms with E-state index in [1.54, 1.807) is 30.3 Å². The lowest BCUT2D eigenvalue weighted by Gasteiger charge is -2.20. The summed E-state index contributed by atoms with van der Waals surface area (Å²) >= 11 is 0. The lowest BCUT2D eigenvalue weighted by atomic mass is 10.0. The molecule has 0 aromatic heterocycles. The second-order valence-electron chi connectivity index (χ2n) is 6.08. The van der Waals surface area contributed by atoms with E-state index >= 15 is 0 Å². The molecule has 0 aliphatic carbocycles. The van der Waals surface area contributed by atoms with Crippen LogP contribution in [-0.4, -0.2) is 30.8 Å². The topological polar surface area (TPSA) is 83.5 Å². The first-order valence-corrected chi connectivity index (χ1v) is 9.28.